The number of thiophene rings is 1. The summed E-state index contributed by atoms with van der Waals surface area (Å²) in [4.78, 5) is 15.3. The minimum absolute atomic E-state index is 0.0266. The molecular weight excluding hydrogens is 334 g/mol. The lowest BCUT2D eigenvalue weighted by molar-refractivity contribution is -0.117. The summed E-state index contributed by atoms with van der Waals surface area (Å²) in [6, 6.07) is 9.91. The van der Waals surface area contributed by atoms with Crippen molar-refractivity contribution in [3.63, 3.8) is 0 Å². The van der Waals surface area contributed by atoms with Crippen molar-refractivity contribution in [2.24, 2.45) is 5.14 Å². The summed E-state index contributed by atoms with van der Waals surface area (Å²) in [5, 5.41) is 9.79. The summed E-state index contributed by atoms with van der Waals surface area (Å²) >= 11 is 1.65. The van der Waals surface area contributed by atoms with Gasteiger partial charge in [0.15, 0.2) is 0 Å². The first-order valence-corrected chi connectivity index (χ1v) is 9.48. The fourth-order valence-corrected chi connectivity index (χ4v) is 3.36. The standard InChI is InChI=1S/C15H19N3O3S2/c1-2-18(10-13-6-4-8-22-13)11-15(19)17-12-5-3-7-14(9-12)23(16,20)21/h3-9H,2,10-11H2,1H3,(H,17,19)(H2,16,20,21). The van der Waals surface area contributed by atoms with E-state index < -0.39 is 10.0 Å². The summed E-state index contributed by atoms with van der Waals surface area (Å²) in [6.45, 7) is 3.66. The van der Waals surface area contributed by atoms with E-state index in [0.29, 0.717) is 12.2 Å². The highest BCUT2D eigenvalue weighted by molar-refractivity contribution is 7.89. The van der Waals surface area contributed by atoms with Gasteiger partial charge in [-0.15, -0.1) is 11.3 Å². The Morgan fingerprint density at radius 1 is 1.30 bits per heavy atom. The molecule has 1 aromatic heterocycles. The minimum Gasteiger partial charge on any atom is -0.325 e. The molecule has 8 heteroatoms. The topological polar surface area (TPSA) is 92.5 Å². The molecule has 0 aliphatic heterocycles. The van der Waals surface area contributed by atoms with Gasteiger partial charge in [0, 0.05) is 17.1 Å². The first-order chi connectivity index (χ1) is 10.9. The van der Waals surface area contributed by atoms with Crippen molar-refractivity contribution in [3.05, 3.63) is 46.7 Å². The zero-order valence-corrected chi connectivity index (χ0v) is 14.4. The van der Waals surface area contributed by atoms with Gasteiger partial charge in [-0.2, -0.15) is 0 Å². The lowest BCUT2D eigenvalue weighted by Crippen LogP contribution is -2.32. The highest BCUT2D eigenvalue weighted by Crippen LogP contribution is 2.15. The van der Waals surface area contributed by atoms with E-state index >= 15 is 0 Å². The van der Waals surface area contributed by atoms with E-state index in [1.165, 1.54) is 17.0 Å². The summed E-state index contributed by atoms with van der Waals surface area (Å²) < 4.78 is 22.7. The van der Waals surface area contributed by atoms with Gasteiger partial charge in [0.2, 0.25) is 15.9 Å². The Balaban J connectivity index is 1.98. The van der Waals surface area contributed by atoms with Crippen molar-refractivity contribution < 1.29 is 13.2 Å². The maximum atomic E-state index is 12.1. The Morgan fingerprint density at radius 2 is 2.09 bits per heavy atom. The van der Waals surface area contributed by atoms with Crippen LogP contribution in [-0.4, -0.2) is 32.3 Å². The Labute approximate surface area is 140 Å². The number of hydrogen-bond acceptors (Lipinski definition) is 5. The van der Waals surface area contributed by atoms with Crippen LogP contribution in [-0.2, 0) is 21.4 Å². The molecule has 0 bridgehead atoms. The van der Waals surface area contributed by atoms with E-state index in [9.17, 15) is 13.2 Å². The summed E-state index contributed by atoms with van der Waals surface area (Å²) in [6.07, 6.45) is 0. The molecule has 0 saturated heterocycles. The molecule has 1 heterocycles. The number of carbonyl (C=O) groups is 1. The van der Waals surface area contributed by atoms with Gasteiger partial charge in [-0.05, 0) is 36.2 Å². The van der Waals surface area contributed by atoms with Gasteiger partial charge in [0.1, 0.15) is 0 Å². The number of anilines is 1. The molecule has 0 atom stereocenters. The number of likely N-dealkylation sites (N-methyl/N-ethyl adjacent to an activating group) is 1. The van der Waals surface area contributed by atoms with Crippen molar-refractivity contribution in [1.29, 1.82) is 0 Å². The molecular formula is C15H19N3O3S2. The van der Waals surface area contributed by atoms with Crippen LogP contribution in [0.25, 0.3) is 0 Å². The average Bonchev–Trinajstić information content (AvgIpc) is 2.99. The highest BCUT2D eigenvalue weighted by Gasteiger charge is 2.12. The van der Waals surface area contributed by atoms with Gasteiger partial charge in [0.25, 0.3) is 0 Å². The molecule has 0 spiro atoms. The molecule has 0 aliphatic carbocycles. The van der Waals surface area contributed by atoms with E-state index in [2.05, 4.69) is 5.32 Å². The van der Waals surface area contributed by atoms with Crippen LogP contribution in [0.3, 0.4) is 0 Å². The molecule has 0 fully saturated rings. The van der Waals surface area contributed by atoms with Gasteiger partial charge in [-0.3, -0.25) is 9.69 Å². The first kappa shape index (κ1) is 17.6. The van der Waals surface area contributed by atoms with E-state index in [-0.39, 0.29) is 17.3 Å². The fourth-order valence-electron chi connectivity index (χ4n) is 2.06. The molecule has 0 saturated carbocycles. The molecule has 3 N–H and O–H groups in total. The van der Waals surface area contributed by atoms with Crippen LogP contribution in [0.1, 0.15) is 11.8 Å². The number of hydrogen-bond donors (Lipinski definition) is 2. The van der Waals surface area contributed by atoms with Gasteiger partial charge >= 0.3 is 0 Å². The summed E-state index contributed by atoms with van der Waals surface area (Å²) in [7, 11) is -3.78. The quantitative estimate of drug-likeness (QED) is 0.794. The summed E-state index contributed by atoms with van der Waals surface area (Å²) in [5.74, 6) is -0.199. The zero-order chi connectivity index (χ0) is 16.9. The predicted molar refractivity (Wildman–Crippen MR) is 91.7 cm³/mol. The first-order valence-electron chi connectivity index (χ1n) is 7.06. The molecule has 1 aromatic carbocycles. The molecule has 1 amide bonds. The Bertz CT molecular complexity index is 758. The van der Waals surface area contributed by atoms with E-state index in [1.807, 2.05) is 29.3 Å². The molecule has 2 aromatic rings. The summed E-state index contributed by atoms with van der Waals surface area (Å²) in [5.41, 5.74) is 0.411. The lowest BCUT2D eigenvalue weighted by atomic mass is 10.3. The Morgan fingerprint density at radius 3 is 2.70 bits per heavy atom. The van der Waals surface area contributed by atoms with Gasteiger partial charge in [-0.1, -0.05) is 19.1 Å². The molecule has 0 aliphatic rings. The Kier molecular flexibility index (Phi) is 5.89. The SMILES string of the molecule is CCN(CC(=O)Nc1cccc(S(N)(=O)=O)c1)Cc1cccs1. The van der Waals surface area contributed by atoms with Crippen LogP contribution in [0.2, 0.25) is 0 Å². The maximum Gasteiger partial charge on any atom is 0.238 e. The lowest BCUT2D eigenvalue weighted by Gasteiger charge is -2.19. The van der Waals surface area contributed by atoms with Gasteiger partial charge in [0.05, 0.1) is 11.4 Å². The van der Waals surface area contributed by atoms with Crippen LogP contribution in [0, 0.1) is 0 Å². The smallest absolute Gasteiger partial charge is 0.238 e. The molecule has 23 heavy (non-hydrogen) atoms. The largest absolute Gasteiger partial charge is 0.325 e. The number of nitrogens with zero attached hydrogens (tertiary/aromatic N) is 1. The van der Waals surface area contributed by atoms with Crippen LogP contribution < -0.4 is 10.5 Å². The number of rotatable bonds is 7. The zero-order valence-electron chi connectivity index (χ0n) is 12.7. The molecule has 0 radical (unpaired) electrons. The Hall–Kier alpha value is -1.74. The number of amides is 1. The second-order valence-electron chi connectivity index (χ2n) is 5.00. The number of sulfonamides is 1. The molecule has 2 rings (SSSR count). The number of carbonyl (C=O) groups excluding carboxylic acids is 1. The van der Waals surface area contributed by atoms with Crippen molar-refractivity contribution in [1.82, 2.24) is 4.90 Å². The minimum atomic E-state index is -3.78. The number of nitrogens with two attached hydrogens (primary N) is 1. The van der Waals surface area contributed by atoms with E-state index in [0.717, 1.165) is 6.54 Å². The van der Waals surface area contributed by atoms with Crippen molar-refractivity contribution in [3.8, 4) is 0 Å². The van der Waals surface area contributed by atoms with Crippen LogP contribution in [0.15, 0.2) is 46.7 Å². The van der Waals surface area contributed by atoms with Crippen LogP contribution in [0.4, 0.5) is 5.69 Å². The predicted octanol–water partition coefficient (Wildman–Crippen LogP) is 1.86. The van der Waals surface area contributed by atoms with E-state index in [1.54, 1.807) is 23.5 Å². The third kappa shape index (κ3) is 5.43. The second kappa shape index (κ2) is 7.69. The van der Waals surface area contributed by atoms with Crippen LogP contribution in [0.5, 0.6) is 0 Å². The van der Waals surface area contributed by atoms with Crippen molar-refractivity contribution in [2.75, 3.05) is 18.4 Å². The number of nitrogens with one attached hydrogen (secondary N) is 1. The third-order valence-corrected chi connectivity index (χ3v) is 4.99. The third-order valence-electron chi connectivity index (χ3n) is 3.22. The van der Waals surface area contributed by atoms with Gasteiger partial charge in [-0.25, -0.2) is 13.6 Å². The molecule has 6 nitrogen and oxygen atoms in total. The van der Waals surface area contributed by atoms with Gasteiger partial charge < -0.3 is 5.32 Å². The molecule has 124 valence electrons. The van der Waals surface area contributed by atoms with Crippen molar-refractivity contribution in [2.45, 2.75) is 18.4 Å². The highest BCUT2D eigenvalue weighted by atomic mass is 32.2. The maximum absolute atomic E-state index is 12.1. The fraction of sp³-hybridized carbons (Fsp3) is 0.267. The normalized spacial score (nSPS) is 11.6. The van der Waals surface area contributed by atoms with Crippen molar-refractivity contribution >= 4 is 33.0 Å². The average molecular weight is 353 g/mol. The molecule has 0 unspecified atom stereocenters. The monoisotopic (exact) mass is 353 g/mol. The number of benzene rings is 1. The van der Waals surface area contributed by atoms with Crippen LogP contribution >= 0.6 is 11.3 Å². The second-order valence-corrected chi connectivity index (χ2v) is 7.60. The number of primary sulfonamides is 1. The van der Waals surface area contributed by atoms with E-state index in [4.69, 9.17) is 5.14 Å².